The second kappa shape index (κ2) is 9.53. The van der Waals surface area contributed by atoms with Crippen molar-refractivity contribution in [2.75, 3.05) is 19.5 Å². The highest BCUT2D eigenvalue weighted by Crippen LogP contribution is 2.30. The maximum Gasteiger partial charge on any atom is 0.255 e. The van der Waals surface area contributed by atoms with Gasteiger partial charge in [0.2, 0.25) is 0 Å². The summed E-state index contributed by atoms with van der Waals surface area (Å²) in [4.78, 5) is 13.8. The number of hydrogen-bond donors (Lipinski definition) is 1. The number of benzene rings is 3. The number of carbonyl (C=O) groups is 1. The third-order valence-electron chi connectivity index (χ3n) is 4.09. The summed E-state index contributed by atoms with van der Waals surface area (Å²) >= 11 is 7.82. The van der Waals surface area contributed by atoms with Crippen molar-refractivity contribution in [3.8, 4) is 11.5 Å². The van der Waals surface area contributed by atoms with Crippen LogP contribution in [-0.4, -0.2) is 20.1 Å². The number of thioether (sulfide) groups is 1. The molecular weight excluding hydrogens is 394 g/mol. The number of ether oxygens (including phenoxy) is 2. The van der Waals surface area contributed by atoms with Crippen molar-refractivity contribution < 1.29 is 14.3 Å². The van der Waals surface area contributed by atoms with Crippen LogP contribution in [0.1, 0.15) is 15.9 Å². The Kier molecular flexibility index (Phi) is 6.85. The molecule has 6 heteroatoms. The summed E-state index contributed by atoms with van der Waals surface area (Å²) in [6.45, 7) is 0. The number of carbonyl (C=O) groups excluding carboxylic acids is 1. The molecule has 4 nitrogen and oxygen atoms in total. The van der Waals surface area contributed by atoms with Gasteiger partial charge in [0.15, 0.2) is 0 Å². The number of hydrogen-bond acceptors (Lipinski definition) is 4. The van der Waals surface area contributed by atoms with Gasteiger partial charge < -0.3 is 14.8 Å². The Hall–Kier alpha value is -2.63. The fourth-order valence-corrected chi connectivity index (χ4v) is 3.81. The van der Waals surface area contributed by atoms with E-state index < -0.39 is 0 Å². The smallest absolute Gasteiger partial charge is 0.255 e. The lowest BCUT2D eigenvalue weighted by atomic mass is 10.1. The van der Waals surface area contributed by atoms with Crippen LogP contribution in [0, 0.1) is 0 Å². The fraction of sp³-hybridized carbons (Fsp3) is 0.136. The van der Waals surface area contributed by atoms with Gasteiger partial charge in [-0.1, -0.05) is 29.8 Å². The van der Waals surface area contributed by atoms with Gasteiger partial charge >= 0.3 is 0 Å². The van der Waals surface area contributed by atoms with E-state index in [0.717, 1.165) is 16.2 Å². The lowest BCUT2D eigenvalue weighted by Crippen LogP contribution is -2.12. The molecule has 0 aromatic heterocycles. The van der Waals surface area contributed by atoms with Gasteiger partial charge in [0.25, 0.3) is 5.91 Å². The Labute approximate surface area is 173 Å². The highest BCUT2D eigenvalue weighted by Gasteiger charge is 2.12. The Balaban J connectivity index is 1.76. The molecule has 0 aliphatic heterocycles. The van der Waals surface area contributed by atoms with Crippen LogP contribution >= 0.6 is 23.4 Å². The van der Waals surface area contributed by atoms with E-state index in [1.807, 2.05) is 30.3 Å². The van der Waals surface area contributed by atoms with Gasteiger partial charge in [0.1, 0.15) is 11.5 Å². The lowest BCUT2D eigenvalue weighted by Gasteiger charge is -2.12. The Bertz CT molecular complexity index is 963. The topological polar surface area (TPSA) is 47.6 Å². The number of rotatable bonds is 7. The van der Waals surface area contributed by atoms with Gasteiger partial charge in [-0.3, -0.25) is 4.79 Å². The van der Waals surface area contributed by atoms with Crippen LogP contribution in [0.3, 0.4) is 0 Å². The normalized spacial score (nSPS) is 10.4. The van der Waals surface area contributed by atoms with Crippen molar-refractivity contribution in [3.63, 3.8) is 0 Å². The highest BCUT2D eigenvalue weighted by molar-refractivity contribution is 7.98. The molecule has 0 heterocycles. The maximum atomic E-state index is 12.7. The molecule has 0 bridgehead atoms. The molecule has 3 aromatic rings. The molecule has 144 valence electrons. The van der Waals surface area contributed by atoms with E-state index in [1.54, 1.807) is 50.2 Å². The van der Waals surface area contributed by atoms with Gasteiger partial charge in [0.05, 0.1) is 19.2 Å². The van der Waals surface area contributed by atoms with Crippen molar-refractivity contribution in [1.29, 1.82) is 0 Å². The zero-order chi connectivity index (χ0) is 19.9. The summed E-state index contributed by atoms with van der Waals surface area (Å²) in [7, 11) is 3.18. The van der Waals surface area contributed by atoms with Crippen LogP contribution in [0.25, 0.3) is 0 Å². The monoisotopic (exact) mass is 413 g/mol. The maximum absolute atomic E-state index is 12.7. The number of methoxy groups -OCH3 is 2. The van der Waals surface area contributed by atoms with Crippen molar-refractivity contribution >= 4 is 35.0 Å². The second-order valence-electron chi connectivity index (χ2n) is 5.93. The third kappa shape index (κ3) is 5.00. The van der Waals surface area contributed by atoms with Crippen LogP contribution in [0.2, 0.25) is 5.02 Å². The van der Waals surface area contributed by atoms with Crippen molar-refractivity contribution in [2.45, 2.75) is 10.6 Å². The van der Waals surface area contributed by atoms with E-state index in [9.17, 15) is 4.79 Å². The molecule has 0 saturated carbocycles. The Morgan fingerprint density at radius 3 is 2.36 bits per heavy atom. The molecular formula is C22H20ClNO3S. The fourth-order valence-electron chi connectivity index (χ4n) is 2.66. The van der Waals surface area contributed by atoms with Gasteiger partial charge in [-0.25, -0.2) is 0 Å². The van der Waals surface area contributed by atoms with E-state index in [0.29, 0.717) is 27.8 Å². The SMILES string of the molecule is COc1ccc(NC(=O)c2ccc(OC)c(CSc3ccccc3)c2)cc1Cl. The first-order valence-corrected chi connectivity index (χ1v) is 9.96. The standard InChI is InChI=1S/C22H20ClNO3S/c1-26-20-10-8-15(12-16(20)14-28-18-6-4-3-5-7-18)22(25)24-17-9-11-21(27-2)19(23)13-17/h3-13H,14H2,1-2H3,(H,24,25). The summed E-state index contributed by atoms with van der Waals surface area (Å²) < 4.78 is 10.6. The summed E-state index contributed by atoms with van der Waals surface area (Å²) in [5.41, 5.74) is 2.11. The van der Waals surface area contributed by atoms with Crippen molar-refractivity contribution in [2.24, 2.45) is 0 Å². The minimum atomic E-state index is -0.213. The molecule has 0 fully saturated rings. The van der Waals surface area contributed by atoms with Gasteiger partial charge in [-0.15, -0.1) is 11.8 Å². The average Bonchev–Trinajstić information content (AvgIpc) is 2.73. The zero-order valence-electron chi connectivity index (χ0n) is 15.6. The molecule has 3 aromatic carbocycles. The van der Waals surface area contributed by atoms with E-state index >= 15 is 0 Å². The molecule has 1 N–H and O–H groups in total. The van der Waals surface area contributed by atoms with Gasteiger partial charge in [0, 0.05) is 27.5 Å². The van der Waals surface area contributed by atoms with Gasteiger partial charge in [-0.05, 0) is 48.5 Å². The van der Waals surface area contributed by atoms with Crippen LogP contribution < -0.4 is 14.8 Å². The first-order chi connectivity index (χ1) is 13.6. The van der Waals surface area contributed by atoms with Crippen LogP contribution in [-0.2, 0) is 5.75 Å². The van der Waals surface area contributed by atoms with Crippen LogP contribution in [0.15, 0.2) is 71.6 Å². The van der Waals surface area contributed by atoms with E-state index in [2.05, 4.69) is 17.4 Å². The zero-order valence-corrected chi connectivity index (χ0v) is 17.1. The Morgan fingerprint density at radius 1 is 0.964 bits per heavy atom. The number of anilines is 1. The number of amides is 1. The quantitative estimate of drug-likeness (QED) is 0.490. The first kappa shape index (κ1) is 20.1. The molecule has 28 heavy (non-hydrogen) atoms. The van der Waals surface area contributed by atoms with Gasteiger partial charge in [-0.2, -0.15) is 0 Å². The second-order valence-corrected chi connectivity index (χ2v) is 7.39. The van der Waals surface area contributed by atoms with E-state index in [-0.39, 0.29) is 5.91 Å². The minimum absolute atomic E-state index is 0.213. The predicted molar refractivity (Wildman–Crippen MR) is 115 cm³/mol. The van der Waals surface area contributed by atoms with E-state index in [4.69, 9.17) is 21.1 Å². The molecule has 1 amide bonds. The molecule has 0 unspecified atom stereocenters. The predicted octanol–water partition coefficient (Wildman–Crippen LogP) is 5.90. The average molecular weight is 414 g/mol. The third-order valence-corrected chi connectivity index (χ3v) is 5.45. The molecule has 0 atom stereocenters. The first-order valence-electron chi connectivity index (χ1n) is 8.60. The van der Waals surface area contributed by atoms with Crippen molar-refractivity contribution in [1.82, 2.24) is 0 Å². The molecule has 0 aliphatic rings. The summed E-state index contributed by atoms with van der Waals surface area (Å²) in [6.07, 6.45) is 0. The summed E-state index contributed by atoms with van der Waals surface area (Å²) in [5, 5.41) is 3.30. The molecule has 3 rings (SSSR count). The summed E-state index contributed by atoms with van der Waals surface area (Å²) in [6, 6.07) is 20.7. The lowest BCUT2D eigenvalue weighted by molar-refractivity contribution is 0.102. The molecule has 0 spiro atoms. The van der Waals surface area contributed by atoms with Crippen LogP contribution in [0.4, 0.5) is 5.69 Å². The largest absolute Gasteiger partial charge is 0.496 e. The van der Waals surface area contributed by atoms with Crippen LogP contribution in [0.5, 0.6) is 11.5 Å². The number of nitrogens with one attached hydrogen (secondary N) is 1. The molecule has 0 aliphatic carbocycles. The minimum Gasteiger partial charge on any atom is -0.496 e. The molecule has 0 radical (unpaired) electrons. The Morgan fingerprint density at radius 2 is 1.68 bits per heavy atom. The van der Waals surface area contributed by atoms with E-state index in [1.165, 1.54) is 0 Å². The van der Waals surface area contributed by atoms with Crippen molar-refractivity contribution in [3.05, 3.63) is 82.9 Å². The summed E-state index contributed by atoms with van der Waals surface area (Å²) in [5.74, 6) is 1.80. The molecule has 0 saturated heterocycles. The number of halogens is 1. The highest BCUT2D eigenvalue weighted by atomic mass is 35.5.